The molecule has 1 aromatic rings. The molecule has 0 bridgehead atoms. The van der Waals surface area contributed by atoms with Crippen LogP contribution in [0.2, 0.25) is 10.0 Å². The molecule has 1 rings (SSSR count). The van der Waals surface area contributed by atoms with Crippen LogP contribution in [-0.2, 0) is 4.79 Å². The minimum atomic E-state index is 0.210. The molecular weight excluding hydrogens is 211 g/mol. The molecule has 0 amide bonds. The third-order valence-corrected chi connectivity index (χ3v) is 1.96. The highest BCUT2D eigenvalue weighted by Gasteiger charge is 2.05. The van der Waals surface area contributed by atoms with Gasteiger partial charge in [0.2, 0.25) is 6.29 Å². The van der Waals surface area contributed by atoms with E-state index in [4.69, 9.17) is 27.9 Å². The fraction of sp³-hybridized carbons (Fsp3) is 0.222. The molecule has 0 fully saturated rings. The summed E-state index contributed by atoms with van der Waals surface area (Å²) < 4.78 is 5.18. The molecule has 0 aliphatic carbocycles. The Morgan fingerprint density at radius 3 is 2.46 bits per heavy atom. The Morgan fingerprint density at radius 1 is 1.31 bits per heavy atom. The zero-order chi connectivity index (χ0) is 9.68. The first-order chi connectivity index (χ1) is 6.25. The van der Waals surface area contributed by atoms with E-state index in [0.717, 1.165) is 0 Å². The summed E-state index contributed by atoms with van der Waals surface area (Å²) in [4.78, 5) is 9.89. The van der Waals surface area contributed by atoms with Gasteiger partial charge in [-0.1, -0.05) is 29.3 Å². The monoisotopic (exact) mass is 217 g/mol. The Kier molecular flexibility index (Phi) is 4.06. The lowest BCUT2D eigenvalue weighted by molar-refractivity contribution is 0.327. The molecule has 0 spiro atoms. The van der Waals surface area contributed by atoms with Crippen LogP contribution in [-0.4, -0.2) is 12.9 Å². The number of ether oxygens (including phenoxy) is 1. The molecular formula is C9H7Cl2O2. The highest BCUT2D eigenvalue weighted by atomic mass is 35.5. The van der Waals surface area contributed by atoms with Crippen molar-refractivity contribution in [3.8, 4) is 5.75 Å². The molecule has 13 heavy (non-hydrogen) atoms. The van der Waals surface area contributed by atoms with Gasteiger partial charge in [-0.25, -0.2) is 0 Å². The van der Waals surface area contributed by atoms with E-state index in [1.165, 1.54) is 0 Å². The smallest absolute Gasteiger partial charge is 0.201 e. The lowest BCUT2D eigenvalue weighted by atomic mass is 10.3. The van der Waals surface area contributed by atoms with E-state index in [9.17, 15) is 4.79 Å². The Labute approximate surface area is 86.4 Å². The number of rotatable bonds is 4. The summed E-state index contributed by atoms with van der Waals surface area (Å²) in [5.74, 6) is 0.418. The van der Waals surface area contributed by atoms with Gasteiger partial charge in [-0.05, 0) is 12.1 Å². The zero-order valence-corrected chi connectivity index (χ0v) is 8.23. The van der Waals surface area contributed by atoms with E-state index >= 15 is 0 Å². The summed E-state index contributed by atoms with van der Waals surface area (Å²) in [5.41, 5.74) is 0. The minimum absolute atomic E-state index is 0.210. The summed E-state index contributed by atoms with van der Waals surface area (Å²) in [6.07, 6.45) is 1.93. The van der Waals surface area contributed by atoms with Crippen LogP contribution in [0.15, 0.2) is 18.2 Å². The van der Waals surface area contributed by atoms with Gasteiger partial charge in [0.25, 0.3) is 0 Å². The van der Waals surface area contributed by atoms with Crippen molar-refractivity contribution in [2.24, 2.45) is 0 Å². The third-order valence-electron chi connectivity index (χ3n) is 1.37. The van der Waals surface area contributed by atoms with Crippen LogP contribution in [0.25, 0.3) is 0 Å². The van der Waals surface area contributed by atoms with E-state index in [1.54, 1.807) is 24.5 Å². The number of hydrogen-bond donors (Lipinski definition) is 0. The molecule has 0 aliphatic rings. The molecule has 2 nitrogen and oxygen atoms in total. The Hall–Kier alpha value is -0.730. The maximum absolute atomic E-state index is 9.89. The van der Waals surface area contributed by atoms with E-state index in [2.05, 4.69) is 0 Å². The topological polar surface area (TPSA) is 26.3 Å². The van der Waals surface area contributed by atoms with E-state index in [0.29, 0.717) is 15.8 Å². The van der Waals surface area contributed by atoms with Crippen LogP contribution in [0, 0.1) is 0 Å². The first-order valence-corrected chi connectivity index (χ1v) is 4.43. The Balaban J connectivity index is 2.69. The molecule has 69 valence electrons. The maximum Gasteiger partial charge on any atom is 0.201 e. The van der Waals surface area contributed by atoms with Gasteiger partial charge in [0.05, 0.1) is 16.7 Å². The van der Waals surface area contributed by atoms with Crippen LogP contribution in [0.3, 0.4) is 0 Å². The molecule has 0 heterocycles. The maximum atomic E-state index is 9.89. The summed E-state index contributed by atoms with van der Waals surface area (Å²) in [7, 11) is 0. The Morgan fingerprint density at radius 2 is 1.92 bits per heavy atom. The van der Waals surface area contributed by atoms with Crippen molar-refractivity contribution in [1.82, 2.24) is 0 Å². The van der Waals surface area contributed by atoms with E-state index in [1.807, 2.05) is 0 Å². The van der Waals surface area contributed by atoms with Crippen molar-refractivity contribution in [1.29, 1.82) is 0 Å². The average molecular weight is 218 g/mol. The summed E-state index contributed by atoms with van der Waals surface area (Å²) >= 11 is 11.6. The number of halogens is 2. The highest BCUT2D eigenvalue weighted by Crippen LogP contribution is 2.32. The van der Waals surface area contributed by atoms with Crippen molar-refractivity contribution in [3.05, 3.63) is 28.2 Å². The fourth-order valence-corrected chi connectivity index (χ4v) is 1.32. The van der Waals surface area contributed by atoms with E-state index in [-0.39, 0.29) is 13.0 Å². The molecule has 0 N–H and O–H groups in total. The zero-order valence-electron chi connectivity index (χ0n) is 6.72. The first-order valence-electron chi connectivity index (χ1n) is 3.67. The standard InChI is InChI=1S/C9H7Cl2O2/c10-7-3-1-4-8(11)9(7)13-6-2-5-12/h1,3-4H,2,6H2. The average Bonchev–Trinajstić information content (AvgIpc) is 2.10. The summed E-state index contributed by atoms with van der Waals surface area (Å²) in [6, 6.07) is 5.07. The van der Waals surface area contributed by atoms with Gasteiger partial charge in [-0.15, -0.1) is 0 Å². The van der Waals surface area contributed by atoms with Crippen molar-refractivity contribution >= 4 is 29.5 Å². The molecule has 0 aliphatic heterocycles. The molecule has 1 aromatic carbocycles. The van der Waals surface area contributed by atoms with Crippen molar-refractivity contribution in [2.45, 2.75) is 6.42 Å². The van der Waals surface area contributed by atoms with Gasteiger partial charge in [0.1, 0.15) is 0 Å². The molecule has 0 saturated heterocycles. The Bertz CT molecular complexity index is 279. The van der Waals surface area contributed by atoms with E-state index < -0.39 is 0 Å². The highest BCUT2D eigenvalue weighted by molar-refractivity contribution is 6.37. The van der Waals surface area contributed by atoms with Gasteiger partial charge in [0.15, 0.2) is 5.75 Å². The van der Waals surface area contributed by atoms with Gasteiger partial charge in [-0.2, -0.15) is 0 Å². The number of para-hydroxylation sites is 1. The predicted molar refractivity (Wildman–Crippen MR) is 52.3 cm³/mol. The third kappa shape index (κ3) is 2.90. The molecule has 0 atom stereocenters. The van der Waals surface area contributed by atoms with Crippen molar-refractivity contribution in [3.63, 3.8) is 0 Å². The first kappa shape index (κ1) is 10.4. The lowest BCUT2D eigenvalue weighted by Gasteiger charge is -2.07. The predicted octanol–water partition coefficient (Wildman–Crippen LogP) is 2.87. The molecule has 0 aromatic heterocycles. The summed E-state index contributed by atoms with van der Waals surface area (Å²) in [6.45, 7) is 0.243. The molecule has 1 radical (unpaired) electrons. The second-order valence-corrected chi connectivity index (χ2v) is 3.11. The second-order valence-electron chi connectivity index (χ2n) is 2.29. The molecule has 0 saturated carbocycles. The summed E-state index contributed by atoms with van der Waals surface area (Å²) in [5, 5.41) is 0.886. The van der Waals surface area contributed by atoms with Crippen LogP contribution >= 0.6 is 23.2 Å². The van der Waals surface area contributed by atoms with Gasteiger partial charge in [-0.3, -0.25) is 4.79 Å². The van der Waals surface area contributed by atoms with Crippen LogP contribution in [0.4, 0.5) is 0 Å². The molecule has 0 unspecified atom stereocenters. The normalized spacial score (nSPS) is 9.69. The van der Waals surface area contributed by atoms with Crippen LogP contribution in [0.1, 0.15) is 6.42 Å². The second kappa shape index (κ2) is 5.10. The fourth-order valence-electron chi connectivity index (χ4n) is 0.815. The van der Waals surface area contributed by atoms with Gasteiger partial charge >= 0.3 is 0 Å². The molecule has 4 heteroatoms. The van der Waals surface area contributed by atoms with Crippen LogP contribution in [0.5, 0.6) is 5.75 Å². The van der Waals surface area contributed by atoms with Gasteiger partial charge < -0.3 is 4.74 Å². The van der Waals surface area contributed by atoms with Crippen molar-refractivity contribution < 1.29 is 9.53 Å². The quantitative estimate of drug-likeness (QED) is 0.726. The van der Waals surface area contributed by atoms with Crippen LogP contribution < -0.4 is 4.74 Å². The number of hydrogen-bond acceptors (Lipinski definition) is 2. The number of carbonyl (C=O) groups excluding carboxylic acids is 1. The lowest BCUT2D eigenvalue weighted by Crippen LogP contribution is -1.98. The SMILES string of the molecule is O=[C]CCOc1c(Cl)cccc1Cl. The number of benzene rings is 1. The largest absolute Gasteiger partial charge is 0.490 e. The van der Waals surface area contributed by atoms with Crippen molar-refractivity contribution in [2.75, 3.05) is 6.61 Å². The van der Waals surface area contributed by atoms with Gasteiger partial charge in [0, 0.05) is 6.42 Å². The minimum Gasteiger partial charge on any atom is -0.490 e.